The van der Waals surface area contributed by atoms with Crippen LogP contribution in [0.1, 0.15) is 32.9 Å². The zero-order valence-electron chi connectivity index (χ0n) is 15.5. The van der Waals surface area contributed by atoms with Gasteiger partial charge in [-0.05, 0) is 42.5 Å². The largest absolute Gasteiger partial charge is 0.345 e. The molecule has 0 atom stereocenters. The van der Waals surface area contributed by atoms with Gasteiger partial charge >= 0.3 is 0 Å². The molecule has 7 heteroatoms. The molecule has 0 unspecified atom stereocenters. The van der Waals surface area contributed by atoms with Gasteiger partial charge in [0.1, 0.15) is 0 Å². The molecular formula is C20H23N3O3S. The molecule has 1 saturated heterocycles. The fourth-order valence-corrected chi connectivity index (χ4v) is 3.82. The number of hydrogen-bond acceptors (Lipinski definition) is 4. The van der Waals surface area contributed by atoms with Gasteiger partial charge in [-0.1, -0.05) is 12.1 Å². The summed E-state index contributed by atoms with van der Waals surface area (Å²) in [5.41, 5.74) is 1.15. The summed E-state index contributed by atoms with van der Waals surface area (Å²) >= 11 is 1.44. The number of piperidine rings is 1. The molecule has 142 valence electrons. The van der Waals surface area contributed by atoms with Crippen molar-refractivity contribution < 1.29 is 14.4 Å². The lowest BCUT2D eigenvalue weighted by Gasteiger charge is -2.31. The number of anilines is 1. The Balaban J connectivity index is 1.56. The van der Waals surface area contributed by atoms with Gasteiger partial charge in [0, 0.05) is 44.4 Å². The molecule has 0 bridgehead atoms. The second-order valence-corrected chi connectivity index (χ2v) is 7.76. The average Bonchev–Trinajstić information content (AvgIpc) is 3.22. The highest BCUT2D eigenvalue weighted by atomic mass is 32.1. The number of carbonyl (C=O) groups excluding carboxylic acids is 3. The molecule has 3 rings (SSSR count). The van der Waals surface area contributed by atoms with E-state index >= 15 is 0 Å². The summed E-state index contributed by atoms with van der Waals surface area (Å²) in [6, 6.07) is 10.7. The first kappa shape index (κ1) is 19.1. The first-order chi connectivity index (χ1) is 13.0. The molecule has 3 amide bonds. The number of thiophene rings is 1. The van der Waals surface area contributed by atoms with E-state index in [1.807, 2.05) is 22.4 Å². The van der Waals surface area contributed by atoms with Crippen LogP contribution in [0, 0.1) is 5.92 Å². The van der Waals surface area contributed by atoms with Crippen molar-refractivity contribution in [2.45, 2.75) is 12.8 Å². The first-order valence-corrected chi connectivity index (χ1v) is 9.79. The third-order valence-corrected chi connectivity index (χ3v) is 5.53. The average molecular weight is 385 g/mol. The van der Waals surface area contributed by atoms with Gasteiger partial charge in [0.05, 0.1) is 4.88 Å². The Labute approximate surface area is 162 Å². The summed E-state index contributed by atoms with van der Waals surface area (Å²) < 4.78 is 0. The molecule has 1 aliphatic heterocycles. The van der Waals surface area contributed by atoms with E-state index in [2.05, 4.69) is 5.32 Å². The molecule has 2 aromatic rings. The van der Waals surface area contributed by atoms with E-state index in [1.165, 1.54) is 16.2 Å². The molecular weight excluding hydrogens is 362 g/mol. The highest BCUT2D eigenvalue weighted by Gasteiger charge is 2.28. The number of nitrogens with one attached hydrogen (secondary N) is 1. The SMILES string of the molecule is CN(C)C(=O)c1cccc(NC(=O)C2CCN(C(=O)c3cccs3)CC2)c1. The number of benzene rings is 1. The summed E-state index contributed by atoms with van der Waals surface area (Å²) in [4.78, 5) is 41.1. The number of likely N-dealkylation sites (tertiary alicyclic amines) is 1. The minimum atomic E-state index is -0.134. The van der Waals surface area contributed by atoms with Gasteiger partial charge in [-0.25, -0.2) is 0 Å². The Kier molecular flexibility index (Phi) is 5.91. The Morgan fingerprint density at radius 1 is 1.11 bits per heavy atom. The Morgan fingerprint density at radius 2 is 1.85 bits per heavy atom. The molecule has 0 aliphatic carbocycles. The minimum absolute atomic E-state index is 0.0405. The fourth-order valence-electron chi connectivity index (χ4n) is 3.13. The molecule has 1 aromatic carbocycles. The van der Waals surface area contributed by atoms with Gasteiger partial charge in [-0.15, -0.1) is 11.3 Å². The Morgan fingerprint density at radius 3 is 2.48 bits per heavy atom. The van der Waals surface area contributed by atoms with Gasteiger partial charge in [-0.3, -0.25) is 14.4 Å². The lowest BCUT2D eigenvalue weighted by molar-refractivity contribution is -0.121. The van der Waals surface area contributed by atoms with E-state index < -0.39 is 0 Å². The van der Waals surface area contributed by atoms with Gasteiger partial charge in [0.25, 0.3) is 11.8 Å². The second kappa shape index (κ2) is 8.35. The van der Waals surface area contributed by atoms with Crippen molar-refractivity contribution in [2.75, 3.05) is 32.5 Å². The van der Waals surface area contributed by atoms with Crippen molar-refractivity contribution in [1.82, 2.24) is 9.80 Å². The van der Waals surface area contributed by atoms with Gasteiger partial charge < -0.3 is 15.1 Å². The van der Waals surface area contributed by atoms with Crippen LogP contribution in [0.15, 0.2) is 41.8 Å². The van der Waals surface area contributed by atoms with Crippen molar-refractivity contribution in [1.29, 1.82) is 0 Å². The van der Waals surface area contributed by atoms with Crippen LogP contribution in [0.4, 0.5) is 5.69 Å². The van der Waals surface area contributed by atoms with Gasteiger partial charge in [0.15, 0.2) is 0 Å². The summed E-state index contributed by atoms with van der Waals surface area (Å²) in [6.07, 6.45) is 1.28. The normalized spacial score (nSPS) is 14.7. The zero-order valence-corrected chi connectivity index (χ0v) is 16.3. The maximum absolute atomic E-state index is 12.6. The Hall–Kier alpha value is -2.67. The molecule has 0 spiro atoms. The molecule has 1 N–H and O–H groups in total. The highest BCUT2D eigenvalue weighted by Crippen LogP contribution is 2.22. The standard InChI is InChI=1S/C20H23N3O3S/c1-22(2)19(25)15-5-3-6-16(13-15)21-18(24)14-8-10-23(11-9-14)20(26)17-7-4-12-27-17/h3-7,12-14H,8-11H2,1-2H3,(H,21,24). The van der Waals surface area contributed by atoms with Crippen LogP contribution in [0.3, 0.4) is 0 Å². The van der Waals surface area contributed by atoms with Crippen LogP contribution in [0.25, 0.3) is 0 Å². The van der Waals surface area contributed by atoms with Gasteiger partial charge in [0.2, 0.25) is 5.91 Å². The maximum Gasteiger partial charge on any atom is 0.263 e. The first-order valence-electron chi connectivity index (χ1n) is 8.91. The van der Waals surface area contributed by atoms with Crippen molar-refractivity contribution in [3.8, 4) is 0 Å². The molecule has 6 nitrogen and oxygen atoms in total. The van der Waals surface area contributed by atoms with E-state index in [0.29, 0.717) is 37.2 Å². The molecule has 27 heavy (non-hydrogen) atoms. The smallest absolute Gasteiger partial charge is 0.263 e. The van der Waals surface area contributed by atoms with Crippen LogP contribution < -0.4 is 5.32 Å². The Bertz CT molecular complexity index is 825. The van der Waals surface area contributed by atoms with E-state index in [1.54, 1.807) is 38.4 Å². The summed E-state index contributed by atoms with van der Waals surface area (Å²) in [5, 5.41) is 4.80. The summed E-state index contributed by atoms with van der Waals surface area (Å²) in [6.45, 7) is 1.15. The van der Waals surface area contributed by atoms with Gasteiger partial charge in [-0.2, -0.15) is 0 Å². The number of nitrogens with zero attached hydrogens (tertiary/aromatic N) is 2. The van der Waals surface area contributed by atoms with E-state index in [9.17, 15) is 14.4 Å². The topological polar surface area (TPSA) is 69.7 Å². The predicted molar refractivity (Wildman–Crippen MR) is 106 cm³/mol. The number of rotatable bonds is 4. The maximum atomic E-state index is 12.6. The van der Waals surface area contributed by atoms with E-state index in [-0.39, 0.29) is 23.6 Å². The van der Waals surface area contributed by atoms with Crippen molar-refractivity contribution in [3.05, 3.63) is 52.2 Å². The molecule has 1 aliphatic rings. The number of hydrogen-bond donors (Lipinski definition) is 1. The predicted octanol–water partition coefficient (Wildman–Crippen LogP) is 2.94. The fraction of sp³-hybridized carbons (Fsp3) is 0.350. The van der Waals surface area contributed by atoms with Crippen molar-refractivity contribution >= 4 is 34.7 Å². The monoisotopic (exact) mass is 385 g/mol. The molecule has 2 heterocycles. The molecule has 1 aromatic heterocycles. The molecule has 0 saturated carbocycles. The van der Waals surface area contributed by atoms with E-state index in [4.69, 9.17) is 0 Å². The molecule has 1 fully saturated rings. The quantitative estimate of drug-likeness (QED) is 0.880. The number of amides is 3. The molecule has 0 radical (unpaired) electrons. The summed E-state index contributed by atoms with van der Waals surface area (Å²) in [7, 11) is 3.39. The van der Waals surface area contributed by atoms with Crippen LogP contribution in [0.5, 0.6) is 0 Å². The van der Waals surface area contributed by atoms with Crippen LogP contribution in [0.2, 0.25) is 0 Å². The third kappa shape index (κ3) is 4.54. The minimum Gasteiger partial charge on any atom is -0.345 e. The lowest BCUT2D eigenvalue weighted by atomic mass is 9.95. The van der Waals surface area contributed by atoms with Crippen molar-refractivity contribution in [3.63, 3.8) is 0 Å². The van der Waals surface area contributed by atoms with Crippen LogP contribution >= 0.6 is 11.3 Å². The zero-order chi connectivity index (χ0) is 19.4. The summed E-state index contributed by atoms with van der Waals surface area (Å²) in [5.74, 6) is -0.261. The van der Waals surface area contributed by atoms with Crippen molar-refractivity contribution in [2.24, 2.45) is 5.92 Å². The highest BCUT2D eigenvalue weighted by molar-refractivity contribution is 7.12. The third-order valence-electron chi connectivity index (χ3n) is 4.67. The van der Waals surface area contributed by atoms with E-state index in [0.717, 1.165) is 4.88 Å². The second-order valence-electron chi connectivity index (χ2n) is 6.81. The van der Waals surface area contributed by atoms with Crippen LogP contribution in [-0.4, -0.2) is 54.7 Å². The van der Waals surface area contributed by atoms with Crippen LogP contribution in [-0.2, 0) is 4.79 Å². The lowest BCUT2D eigenvalue weighted by Crippen LogP contribution is -2.41. The number of carbonyl (C=O) groups is 3.